The number of hydrogen-bond acceptors (Lipinski definition) is 5. The number of benzene rings is 2. The first-order valence-electron chi connectivity index (χ1n) is 9.31. The van der Waals surface area contributed by atoms with Gasteiger partial charge in [-0.05, 0) is 24.3 Å². The third-order valence-corrected chi connectivity index (χ3v) is 4.59. The van der Waals surface area contributed by atoms with Gasteiger partial charge >= 0.3 is 0 Å². The highest BCUT2D eigenvalue weighted by Gasteiger charge is 2.20. The average Bonchev–Trinajstić information content (AvgIpc) is 2.68. The lowest BCUT2D eigenvalue weighted by Gasteiger charge is -2.36. The van der Waals surface area contributed by atoms with Gasteiger partial charge in [-0.2, -0.15) is 0 Å². The number of aliphatic hydroxyl groups is 1. The summed E-state index contributed by atoms with van der Waals surface area (Å²) >= 11 is 0. The number of para-hydroxylation sites is 3. The number of carbonyl (C=O) groups is 1. The molecule has 0 spiro atoms. The largest absolute Gasteiger partial charge is 0.489 e. The maximum atomic E-state index is 11.3. The lowest BCUT2D eigenvalue weighted by molar-refractivity contribution is -0.114. The molecule has 6 nitrogen and oxygen atoms in total. The number of ether oxygens (including phenoxy) is 1. The minimum atomic E-state index is -0.585. The van der Waals surface area contributed by atoms with Crippen molar-refractivity contribution < 1.29 is 14.6 Å². The molecule has 3 rings (SSSR count). The Hall–Kier alpha value is -2.28. The molecular formula is C21H28ClN3O3. The zero-order chi connectivity index (χ0) is 19.1. The van der Waals surface area contributed by atoms with Crippen LogP contribution in [0.3, 0.4) is 0 Å². The predicted molar refractivity (Wildman–Crippen MR) is 115 cm³/mol. The minimum absolute atomic E-state index is 0. The molecule has 1 heterocycles. The number of anilines is 2. The summed E-state index contributed by atoms with van der Waals surface area (Å²) < 4.78 is 5.73. The number of aliphatic hydroxyl groups excluding tert-OH is 1. The van der Waals surface area contributed by atoms with Crippen LogP contribution in [0.4, 0.5) is 11.4 Å². The number of carbonyl (C=O) groups excluding carboxylic acids is 1. The van der Waals surface area contributed by atoms with Crippen molar-refractivity contribution >= 4 is 29.7 Å². The van der Waals surface area contributed by atoms with Gasteiger partial charge in [0.2, 0.25) is 5.91 Å². The van der Waals surface area contributed by atoms with Gasteiger partial charge in [0.25, 0.3) is 0 Å². The van der Waals surface area contributed by atoms with E-state index in [0.717, 1.165) is 26.2 Å². The second-order valence-corrected chi connectivity index (χ2v) is 6.77. The fourth-order valence-electron chi connectivity index (χ4n) is 3.25. The van der Waals surface area contributed by atoms with E-state index in [4.69, 9.17) is 4.74 Å². The summed E-state index contributed by atoms with van der Waals surface area (Å²) in [6.07, 6.45) is -0.585. The summed E-state index contributed by atoms with van der Waals surface area (Å²) in [5.41, 5.74) is 1.87. The molecule has 2 aromatic carbocycles. The molecule has 0 aliphatic carbocycles. The van der Waals surface area contributed by atoms with Crippen LogP contribution in [-0.4, -0.2) is 61.3 Å². The molecule has 1 saturated heterocycles. The monoisotopic (exact) mass is 405 g/mol. The highest BCUT2D eigenvalue weighted by atomic mass is 35.5. The summed E-state index contributed by atoms with van der Waals surface area (Å²) in [5, 5.41) is 13.1. The second kappa shape index (κ2) is 10.9. The number of hydrogen-bond donors (Lipinski definition) is 2. The van der Waals surface area contributed by atoms with Crippen molar-refractivity contribution in [2.75, 3.05) is 49.5 Å². The van der Waals surface area contributed by atoms with E-state index in [1.54, 1.807) is 12.1 Å². The number of rotatable bonds is 7. The van der Waals surface area contributed by atoms with Gasteiger partial charge < -0.3 is 20.1 Å². The Bertz CT molecular complexity index is 737. The highest BCUT2D eigenvalue weighted by molar-refractivity contribution is 5.90. The van der Waals surface area contributed by atoms with Gasteiger partial charge in [0.15, 0.2) is 0 Å². The van der Waals surface area contributed by atoms with Crippen LogP contribution in [-0.2, 0) is 4.79 Å². The van der Waals surface area contributed by atoms with Crippen molar-refractivity contribution in [1.29, 1.82) is 0 Å². The molecule has 0 radical (unpaired) electrons. The van der Waals surface area contributed by atoms with E-state index in [0.29, 0.717) is 18.0 Å². The van der Waals surface area contributed by atoms with Gasteiger partial charge in [-0.3, -0.25) is 9.69 Å². The lowest BCUT2D eigenvalue weighted by Crippen LogP contribution is -2.49. The number of β-amino-alcohol motifs (C(OH)–C–C–N with tert-alkyl or cyclic N) is 1. The first-order chi connectivity index (χ1) is 13.1. The number of halogens is 1. The van der Waals surface area contributed by atoms with Crippen LogP contribution in [0.15, 0.2) is 54.6 Å². The zero-order valence-corrected chi connectivity index (χ0v) is 16.9. The molecule has 1 aliphatic heterocycles. The van der Waals surface area contributed by atoms with Crippen LogP contribution in [0.5, 0.6) is 5.75 Å². The quantitative estimate of drug-likeness (QED) is 0.741. The molecule has 0 saturated carbocycles. The Morgan fingerprint density at radius 2 is 1.71 bits per heavy atom. The fourth-order valence-corrected chi connectivity index (χ4v) is 3.25. The van der Waals surface area contributed by atoms with Crippen molar-refractivity contribution in [3.8, 4) is 5.75 Å². The lowest BCUT2D eigenvalue weighted by atomic mass is 10.2. The average molecular weight is 406 g/mol. The zero-order valence-electron chi connectivity index (χ0n) is 16.1. The number of amides is 1. The SMILES string of the molecule is CC(=O)Nc1ccccc1OCC(O)CN1CCN(c2ccccc2)CC1.Cl. The Morgan fingerprint density at radius 3 is 2.39 bits per heavy atom. The van der Waals surface area contributed by atoms with Crippen molar-refractivity contribution in [3.05, 3.63) is 54.6 Å². The second-order valence-electron chi connectivity index (χ2n) is 6.77. The van der Waals surface area contributed by atoms with Crippen LogP contribution >= 0.6 is 12.4 Å². The predicted octanol–water partition coefficient (Wildman–Crippen LogP) is 2.63. The molecule has 0 bridgehead atoms. The number of nitrogens with one attached hydrogen (secondary N) is 1. The van der Waals surface area contributed by atoms with Crippen molar-refractivity contribution in [2.24, 2.45) is 0 Å². The molecule has 1 fully saturated rings. The summed E-state index contributed by atoms with van der Waals surface area (Å²) in [5.74, 6) is 0.420. The molecule has 0 aromatic heterocycles. The maximum Gasteiger partial charge on any atom is 0.221 e. The number of nitrogens with zero attached hydrogens (tertiary/aromatic N) is 2. The van der Waals surface area contributed by atoms with Gasteiger partial charge in [0.05, 0.1) is 5.69 Å². The van der Waals surface area contributed by atoms with Gasteiger partial charge in [-0.25, -0.2) is 0 Å². The van der Waals surface area contributed by atoms with E-state index in [9.17, 15) is 9.90 Å². The minimum Gasteiger partial charge on any atom is -0.489 e. The summed E-state index contributed by atoms with van der Waals surface area (Å²) in [6, 6.07) is 17.7. The maximum absolute atomic E-state index is 11.3. The first-order valence-corrected chi connectivity index (χ1v) is 9.31. The fraction of sp³-hybridized carbons (Fsp3) is 0.381. The smallest absolute Gasteiger partial charge is 0.221 e. The van der Waals surface area contributed by atoms with E-state index in [1.807, 2.05) is 18.2 Å². The van der Waals surface area contributed by atoms with Gasteiger partial charge in [0, 0.05) is 45.3 Å². The summed E-state index contributed by atoms with van der Waals surface area (Å²) in [4.78, 5) is 15.9. The highest BCUT2D eigenvalue weighted by Crippen LogP contribution is 2.24. The van der Waals surface area contributed by atoms with E-state index in [1.165, 1.54) is 12.6 Å². The molecule has 1 amide bonds. The Balaban J connectivity index is 0.00000280. The molecule has 28 heavy (non-hydrogen) atoms. The van der Waals surface area contributed by atoms with Crippen molar-refractivity contribution in [2.45, 2.75) is 13.0 Å². The van der Waals surface area contributed by atoms with E-state index >= 15 is 0 Å². The van der Waals surface area contributed by atoms with Crippen LogP contribution in [0, 0.1) is 0 Å². The molecular weight excluding hydrogens is 378 g/mol. The van der Waals surface area contributed by atoms with Crippen LogP contribution in [0.1, 0.15) is 6.92 Å². The van der Waals surface area contributed by atoms with E-state index in [-0.39, 0.29) is 24.9 Å². The molecule has 2 aromatic rings. The molecule has 7 heteroatoms. The Kier molecular flexibility index (Phi) is 8.57. The normalized spacial score (nSPS) is 15.4. The summed E-state index contributed by atoms with van der Waals surface area (Å²) in [7, 11) is 0. The molecule has 1 unspecified atom stereocenters. The third kappa shape index (κ3) is 6.41. The van der Waals surface area contributed by atoms with Crippen LogP contribution < -0.4 is 15.0 Å². The third-order valence-electron chi connectivity index (χ3n) is 4.59. The van der Waals surface area contributed by atoms with E-state index in [2.05, 4.69) is 39.4 Å². The molecule has 1 aliphatic rings. The Morgan fingerprint density at radius 1 is 1.07 bits per heavy atom. The molecule has 152 valence electrons. The van der Waals surface area contributed by atoms with Crippen molar-refractivity contribution in [1.82, 2.24) is 4.90 Å². The van der Waals surface area contributed by atoms with Gasteiger partial charge in [-0.15, -0.1) is 12.4 Å². The first kappa shape index (κ1) is 22.0. The molecule has 2 N–H and O–H groups in total. The number of piperazine rings is 1. The topological polar surface area (TPSA) is 65.0 Å². The van der Waals surface area contributed by atoms with Crippen molar-refractivity contribution in [3.63, 3.8) is 0 Å². The van der Waals surface area contributed by atoms with Gasteiger partial charge in [0.1, 0.15) is 18.5 Å². The standard InChI is InChI=1S/C21H27N3O3.ClH/c1-17(25)22-20-9-5-6-10-21(20)27-16-19(26)15-23-11-13-24(14-12-23)18-7-3-2-4-8-18;/h2-10,19,26H,11-16H2,1H3,(H,22,25);1H. The Labute approximate surface area is 172 Å². The van der Waals surface area contributed by atoms with Gasteiger partial charge in [-0.1, -0.05) is 30.3 Å². The van der Waals surface area contributed by atoms with E-state index < -0.39 is 6.10 Å². The van der Waals surface area contributed by atoms with Crippen LogP contribution in [0.25, 0.3) is 0 Å². The molecule has 1 atom stereocenters. The van der Waals surface area contributed by atoms with Crippen LogP contribution in [0.2, 0.25) is 0 Å². The summed E-state index contributed by atoms with van der Waals surface area (Å²) in [6.45, 7) is 5.94.